The molecule has 0 aromatic heterocycles. The predicted octanol–water partition coefficient (Wildman–Crippen LogP) is 4.20. The summed E-state index contributed by atoms with van der Waals surface area (Å²) >= 11 is 0. The first kappa shape index (κ1) is 18.5. The van der Waals surface area contributed by atoms with Crippen molar-refractivity contribution in [1.82, 2.24) is 0 Å². The third-order valence-electron chi connectivity index (χ3n) is 0.895. The highest BCUT2D eigenvalue weighted by atomic mass is 14.5. The normalized spacial score (nSPS) is 10.2. The summed E-state index contributed by atoms with van der Waals surface area (Å²) in [6.07, 6.45) is 10.9. The topological polar surface area (TPSA) is 26.0 Å². The van der Waals surface area contributed by atoms with Crippen LogP contribution in [0.15, 0.2) is 48.7 Å². The van der Waals surface area contributed by atoms with Crippen LogP contribution in [0.3, 0.4) is 0 Å². The molecule has 2 N–H and O–H groups in total. The van der Waals surface area contributed by atoms with Crippen molar-refractivity contribution in [1.29, 1.82) is 0 Å². The Kier molecular flexibility index (Phi) is 29.9. The molecular formula is C13H25N. The Morgan fingerprint density at radius 2 is 1.57 bits per heavy atom. The molecule has 0 radical (unpaired) electrons. The summed E-state index contributed by atoms with van der Waals surface area (Å²) in [4.78, 5) is 0. The molecule has 0 aromatic rings. The van der Waals surface area contributed by atoms with Crippen molar-refractivity contribution in [2.75, 3.05) is 0 Å². The molecule has 0 unspecified atom stereocenters. The molecule has 0 saturated heterocycles. The molecule has 0 bridgehead atoms. The minimum Gasteiger partial charge on any atom is -0.399 e. The molecule has 0 aliphatic carbocycles. The second-order valence-corrected chi connectivity index (χ2v) is 1.79. The summed E-state index contributed by atoms with van der Waals surface area (Å²) in [5.74, 6) is 0. The van der Waals surface area contributed by atoms with Crippen molar-refractivity contribution < 1.29 is 0 Å². The lowest BCUT2D eigenvalue weighted by Crippen LogP contribution is -1.90. The molecule has 1 heteroatoms. The molecule has 0 aliphatic heterocycles. The highest BCUT2D eigenvalue weighted by Gasteiger charge is 1.73. The molecule has 0 saturated carbocycles. The van der Waals surface area contributed by atoms with E-state index in [1.54, 1.807) is 6.08 Å². The van der Waals surface area contributed by atoms with Crippen molar-refractivity contribution >= 4 is 0 Å². The van der Waals surface area contributed by atoms with Gasteiger partial charge in [-0.05, 0) is 19.1 Å². The smallest absolute Gasteiger partial charge is 0.0310 e. The van der Waals surface area contributed by atoms with Crippen LogP contribution in [0.4, 0.5) is 0 Å². The summed E-state index contributed by atoms with van der Waals surface area (Å²) in [5.41, 5.74) is 6.26. The van der Waals surface area contributed by atoms with Crippen LogP contribution in [0.2, 0.25) is 0 Å². The van der Waals surface area contributed by atoms with E-state index in [0.717, 1.165) is 5.70 Å². The zero-order valence-corrected chi connectivity index (χ0v) is 10.2. The van der Waals surface area contributed by atoms with E-state index in [2.05, 4.69) is 6.58 Å². The maximum absolute atomic E-state index is 5.51. The van der Waals surface area contributed by atoms with Gasteiger partial charge in [-0.15, -0.1) is 0 Å². The molecule has 0 spiro atoms. The lowest BCUT2D eigenvalue weighted by atomic mass is 10.3. The van der Waals surface area contributed by atoms with E-state index in [1.165, 1.54) is 0 Å². The van der Waals surface area contributed by atoms with Crippen molar-refractivity contribution in [2.45, 2.75) is 34.6 Å². The summed E-state index contributed by atoms with van der Waals surface area (Å²) in [7, 11) is 0. The molecule has 82 valence electrons. The van der Waals surface area contributed by atoms with E-state index in [0.29, 0.717) is 0 Å². The van der Waals surface area contributed by atoms with Crippen LogP contribution < -0.4 is 5.73 Å². The van der Waals surface area contributed by atoms with Gasteiger partial charge in [0.2, 0.25) is 0 Å². The largest absolute Gasteiger partial charge is 0.399 e. The maximum Gasteiger partial charge on any atom is 0.0310 e. The van der Waals surface area contributed by atoms with Gasteiger partial charge in [0.15, 0.2) is 0 Å². The van der Waals surface area contributed by atoms with Crippen LogP contribution in [0.5, 0.6) is 0 Å². The number of allylic oxidation sites excluding steroid dienone is 6. The molecule has 1 nitrogen and oxygen atoms in total. The van der Waals surface area contributed by atoms with Crippen LogP contribution in [-0.2, 0) is 0 Å². The van der Waals surface area contributed by atoms with Gasteiger partial charge in [-0.1, -0.05) is 58.6 Å². The molecule has 14 heavy (non-hydrogen) atoms. The van der Waals surface area contributed by atoms with Gasteiger partial charge in [-0.2, -0.15) is 0 Å². The van der Waals surface area contributed by atoms with Crippen molar-refractivity contribution in [3.63, 3.8) is 0 Å². The van der Waals surface area contributed by atoms with Crippen LogP contribution in [0.25, 0.3) is 0 Å². The third kappa shape index (κ3) is 22.4. The minimum absolute atomic E-state index is 0.751. The zero-order valence-electron chi connectivity index (χ0n) is 10.2. The third-order valence-corrected chi connectivity index (χ3v) is 0.895. The molecule has 0 fully saturated rings. The lowest BCUT2D eigenvalue weighted by Gasteiger charge is -1.85. The summed E-state index contributed by atoms with van der Waals surface area (Å²) in [6.45, 7) is 13.5. The number of nitrogens with two attached hydrogens (primary N) is 1. The van der Waals surface area contributed by atoms with Gasteiger partial charge in [-0.3, -0.25) is 0 Å². The van der Waals surface area contributed by atoms with Gasteiger partial charge in [0, 0.05) is 5.70 Å². The Bertz CT molecular complexity index is 174. The first-order chi connectivity index (χ1) is 6.81. The standard InChI is InChI=1S/C9H13N.2C2H6/c1-3-5-6-8-9(10)7-4-2;2*1-2/h3-8H,1,10H2,2H3;2*1-2H3/b6-5-,7-4-,9-8+;;. The number of rotatable bonds is 3. The Morgan fingerprint density at radius 1 is 1.07 bits per heavy atom. The first-order valence-electron chi connectivity index (χ1n) is 5.18. The van der Waals surface area contributed by atoms with Crippen molar-refractivity contribution in [3.8, 4) is 0 Å². The van der Waals surface area contributed by atoms with E-state index >= 15 is 0 Å². The van der Waals surface area contributed by atoms with Gasteiger partial charge >= 0.3 is 0 Å². The van der Waals surface area contributed by atoms with E-state index in [4.69, 9.17) is 5.73 Å². The van der Waals surface area contributed by atoms with Gasteiger partial charge in [0.1, 0.15) is 0 Å². The Hall–Kier alpha value is -1.24. The number of hydrogen-bond donors (Lipinski definition) is 1. The summed E-state index contributed by atoms with van der Waals surface area (Å²) in [6, 6.07) is 0. The Morgan fingerprint density at radius 3 is 1.93 bits per heavy atom. The molecule has 0 aliphatic rings. The predicted molar refractivity (Wildman–Crippen MR) is 69.1 cm³/mol. The van der Waals surface area contributed by atoms with Crippen LogP contribution >= 0.6 is 0 Å². The highest BCUT2D eigenvalue weighted by molar-refractivity contribution is 5.21. The van der Waals surface area contributed by atoms with Gasteiger partial charge in [-0.25, -0.2) is 0 Å². The van der Waals surface area contributed by atoms with Crippen LogP contribution in [0, 0.1) is 0 Å². The van der Waals surface area contributed by atoms with E-state index in [1.807, 2.05) is 65.0 Å². The SMILES string of the molecule is C=C\C=C/C=C(N)\C=C/C.CC.CC. The fourth-order valence-electron chi connectivity index (χ4n) is 0.493. The average molecular weight is 195 g/mol. The Balaban J connectivity index is -0.000000266. The minimum atomic E-state index is 0.751. The van der Waals surface area contributed by atoms with E-state index < -0.39 is 0 Å². The van der Waals surface area contributed by atoms with Crippen LogP contribution in [0.1, 0.15) is 34.6 Å². The second kappa shape index (κ2) is 22.6. The van der Waals surface area contributed by atoms with E-state index in [9.17, 15) is 0 Å². The number of hydrogen-bond acceptors (Lipinski definition) is 1. The molecule has 0 amide bonds. The molecular weight excluding hydrogens is 170 g/mol. The molecule has 0 heterocycles. The molecule has 0 aromatic carbocycles. The van der Waals surface area contributed by atoms with Gasteiger partial charge in [0.05, 0.1) is 0 Å². The van der Waals surface area contributed by atoms with Crippen molar-refractivity contribution in [3.05, 3.63) is 48.7 Å². The monoisotopic (exact) mass is 195 g/mol. The van der Waals surface area contributed by atoms with Gasteiger partial charge < -0.3 is 5.73 Å². The Labute approximate surface area is 89.7 Å². The zero-order chi connectivity index (χ0) is 11.8. The quantitative estimate of drug-likeness (QED) is 0.671. The fraction of sp³-hybridized carbons (Fsp3) is 0.385. The maximum atomic E-state index is 5.51. The highest BCUT2D eigenvalue weighted by Crippen LogP contribution is 1.87. The summed E-state index contributed by atoms with van der Waals surface area (Å²) in [5, 5.41) is 0. The molecule has 0 rings (SSSR count). The first-order valence-corrected chi connectivity index (χ1v) is 5.18. The fourth-order valence-corrected chi connectivity index (χ4v) is 0.493. The average Bonchev–Trinajstić information content (AvgIpc) is 2.25. The summed E-state index contributed by atoms with van der Waals surface area (Å²) < 4.78 is 0. The lowest BCUT2D eigenvalue weighted by molar-refractivity contribution is 1.41. The van der Waals surface area contributed by atoms with Gasteiger partial charge in [0.25, 0.3) is 0 Å². The molecule has 0 atom stereocenters. The second-order valence-electron chi connectivity index (χ2n) is 1.79. The van der Waals surface area contributed by atoms with Crippen molar-refractivity contribution in [2.24, 2.45) is 5.73 Å². The van der Waals surface area contributed by atoms with E-state index in [-0.39, 0.29) is 0 Å². The van der Waals surface area contributed by atoms with Crippen LogP contribution in [-0.4, -0.2) is 0 Å².